The van der Waals surface area contributed by atoms with Crippen molar-refractivity contribution in [1.29, 1.82) is 5.26 Å². The van der Waals surface area contributed by atoms with Gasteiger partial charge < -0.3 is 10.1 Å². The highest BCUT2D eigenvalue weighted by Crippen LogP contribution is 2.28. The van der Waals surface area contributed by atoms with Gasteiger partial charge in [0.25, 0.3) is 11.5 Å². The molecule has 0 aliphatic heterocycles. The lowest BCUT2D eigenvalue weighted by Gasteiger charge is -2.07. The lowest BCUT2D eigenvalue weighted by atomic mass is 10.0. The van der Waals surface area contributed by atoms with Crippen molar-refractivity contribution in [1.82, 2.24) is 20.1 Å². The molecule has 1 saturated carbocycles. The largest absolute Gasteiger partial charge is 0.381 e. The van der Waals surface area contributed by atoms with Crippen molar-refractivity contribution in [2.75, 3.05) is 19.8 Å². The minimum absolute atomic E-state index is 0.209. The van der Waals surface area contributed by atoms with Crippen LogP contribution < -0.4 is 10.9 Å². The molecule has 0 spiro atoms. The molecule has 0 unspecified atom stereocenters. The maximum Gasteiger partial charge on any atom is 0.280 e. The van der Waals surface area contributed by atoms with E-state index < -0.39 is 0 Å². The molecular formula is C24H25N5O3. The predicted octanol–water partition coefficient (Wildman–Crippen LogP) is 2.95. The minimum atomic E-state index is -0.256. The lowest BCUT2D eigenvalue weighted by Crippen LogP contribution is -2.25. The van der Waals surface area contributed by atoms with Crippen LogP contribution in [0.1, 0.15) is 40.7 Å². The molecular weight excluding hydrogens is 406 g/mol. The average molecular weight is 431 g/mol. The molecule has 0 radical (unpaired) electrons. The molecule has 2 heterocycles. The molecule has 164 valence electrons. The van der Waals surface area contributed by atoms with Gasteiger partial charge in [-0.1, -0.05) is 6.07 Å². The van der Waals surface area contributed by atoms with Crippen molar-refractivity contribution in [2.24, 2.45) is 5.92 Å². The number of amides is 1. The van der Waals surface area contributed by atoms with Crippen molar-refractivity contribution in [3.05, 3.63) is 69.8 Å². The van der Waals surface area contributed by atoms with Crippen LogP contribution in [-0.2, 0) is 4.74 Å². The summed E-state index contributed by atoms with van der Waals surface area (Å²) in [6, 6.07) is 10.6. The Kier molecular flexibility index (Phi) is 6.47. The van der Waals surface area contributed by atoms with Gasteiger partial charge in [-0.3, -0.25) is 14.7 Å². The normalized spacial score (nSPS) is 13.0. The third kappa shape index (κ3) is 4.95. The monoisotopic (exact) mass is 431 g/mol. The SMILES string of the molecule is Cc1cc(C#N)ccc1-c1c[nH]n(-c2ccc(C(=O)NCCCOCC3CC3)cn2)c1=O. The van der Waals surface area contributed by atoms with Crippen molar-refractivity contribution < 1.29 is 9.53 Å². The summed E-state index contributed by atoms with van der Waals surface area (Å²) in [6.07, 6.45) is 6.37. The van der Waals surface area contributed by atoms with E-state index in [2.05, 4.69) is 21.5 Å². The summed E-state index contributed by atoms with van der Waals surface area (Å²) in [5.74, 6) is 0.919. The molecule has 0 bridgehead atoms. The van der Waals surface area contributed by atoms with Gasteiger partial charge in [0.1, 0.15) is 0 Å². The van der Waals surface area contributed by atoms with E-state index in [0.717, 1.165) is 30.1 Å². The Morgan fingerprint density at radius 2 is 2.16 bits per heavy atom. The molecule has 1 amide bonds. The number of H-pyrrole nitrogens is 1. The maximum absolute atomic E-state index is 12.9. The number of hydrogen-bond donors (Lipinski definition) is 2. The Bertz CT molecular complexity index is 1200. The van der Waals surface area contributed by atoms with Gasteiger partial charge in [0, 0.05) is 32.2 Å². The second-order valence-electron chi connectivity index (χ2n) is 8.00. The first-order chi connectivity index (χ1) is 15.6. The average Bonchev–Trinajstić information content (AvgIpc) is 3.56. The van der Waals surface area contributed by atoms with Crippen LogP contribution in [0.15, 0.2) is 47.5 Å². The van der Waals surface area contributed by atoms with Crippen molar-refractivity contribution >= 4 is 5.91 Å². The van der Waals surface area contributed by atoms with Crippen LogP contribution in [0.2, 0.25) is 0 Å². The van der Waals surface area contributed by atoms with Crippen molar-refractivity contribution in [3.8, 4) is 23.0 Å². The van der Waals surface area contributed by atoms with Crippen LogP contribution in [0.3, 0.4) is 0 Å². The number of rotatable bonds is 9. The van der Waals surface area contributed by atoms with Gasteiger partial charge in [0.15, 0.2) is 5.82 Å². The molecule has 3 aromatic rings. The Morgan fingerprint density at radius 3 is 2.84 bits per heavy atom. The fraction of sp³-hybridized carbons (Fsp3) is 0.333. The van der Waals surface area contributed by atoms with Gasteiger partial charge in [0.2, 0.25) is 0 Å². The van der Waals surface area contributed by atoms with Crippen LogP contribution in [-0.4, -0.2) is 40.4 Å². The Balaban J connectivity index is 1.38. The molecule has 4 rings (SSSR count). The molecule has 0 atom stereocenters. The molecule has 32 heavy (non-hydrogen) atoms. The summed E-state index contributed by atoms with van der Waals surface area (Å²) in [6.45, 7) is 3.86. The first-order valence-corrected chi connectivity index (χ1v) is 10.7. The van der Waals surface area contributed by atoms with Crippen LogP contribution in [0.5, 0.6) is 0 Å². The van der Waals surface area contributed by atoms with E-state index in [9.17, 15) is 9.59 Å². The van der Waals surface area contributed by atoms with Gasteiger partial charge >= 0.3 is 0 Å². The van der Waals surface area contributed by atoms with Crippen LogP contribution in [0.4, 0.5) is 0 Å². The van der Waals surface area contributed by atoms with E-state index in [1.165, 1.54) is 23.7 Å². The highest BCUT2D eigenvalue weighted by atomic mass is 16.5. The molecule has 2 aromatic heterocycles. The second kappa shape index (κ2) is 9.62. The smallest absolute Gasteiger partial charge is 0.280 e. The first kappa shape index (κ1) is 21.5. The van der Waals surface area contributed by atoms with E-state index in [4.69, 9.17) is 10.00 Å². The highest BCUT2D eigenvalue weighted by molar-refractivity contribution is 5.93. The van der Waals surface area contributed by atoms with Gasteiger partial charge in [0.05, 0.1) is 22.8 Å². The number of pyridine rings is 1. The number of hydrogen-bond acceptors (Lipinski definition) is 5. The number of aromatic nitrogens is 3. The van der Waals surface area contributed by atoms with E-state index in [-0.39, 0.29) is 11.5 Å². The number of nitrogens with one attached hydrogen (secondary N) is 2. The van der Waals surface area contributed by atoms with Gasteiger partial charge in [-0.2, -0.15) is 5.26 Å². The molecule has 2 N–H and O–H groups in total. The van der Waals surface area contributed by atoms with E-state index >= 15 is 0 Å². The predicted molar refractivity (Wildman–Crippen MR) is 120 cm³/mol. The molecule has 1 aliphatic carbocycles. The highest BCUT2D eigenvalue weighted by Gasteiger charge is 2.20. The number of aryl methyl sites for hydroxylation is 1. The molecule has 1 fully saturated rings. The van der Waals surface area contributed by atoms with Crippen LogP contribution >= 0.6 is 0 Å². The topological polar surface area (TPSA) is 113 Å². The minimum Gasteiger partial charge on any atom is -0.381 e. The Hall–Kier alpha value is -3.70. The summed E-state index contributed by atoms with van der Waals surface area (Å²) in [4.78, 5) is 29.5. The number of aromatic amines is 1. The summed E-state index contributed by atoms with van der Waals surface area (Å²) >= 11 is 0. The number of carbonyl (C=O) groups excluding carboxylic acids is 1. The quantitative estimate of drug-likeness (QED) is 0.506. The van der Waals surface area contributed by atoms with E-state index in [0.29, 0.717) is 35.7 Å². The molecule has 8 heteroatoms. The zero-order valence-corrected chi connectivity index (χ0v) is 17.9. The van der Waals surface area contributed by atoms with Crippen LogP contribution in [0, 0.1) is 24.2 Å². The molecule has 1 aromatic carbocycles. The fourth-order valence-electron chi connectivity index (χ4n) is 3.43. The number of benzene rings is 1. The Morgan fingerprint density at radius 1 is 1.31 bits per heavy atom. The first-order valence-electron chi connectivity index (χ1n) is 10.7. The zero-order valence-electron chi connectivity index (χ0n) is 17.9. The summed E-state index contributed by atoms with van der Waals surface area (Å²) in [5.41, 5.74) is 2.79. The number of nitriles is 1. The van der Waals surface area contributed by atoms with Crippen molar-refractivity contribution in [3.63, 3.8) is 0 Å². The number of carbonyl (C=O) groups is 1. The third-order valence-corrected chi connectivity index (χ3v) is 5.46. The Labute approximate surface area is 185 Å². The summed E-state index contributed by atoms with van der Waals surface area (Å²) in [5, 5.41) is 14.8. The third-order valence-electron chi connectivity index (χ3n) is 5.46. The number of nitrogens with zero attached hydrogens (tertiary/aromatic N) is 3. The second-order valence-corrected chi connectivity index (χ2v) is 8.00. The van der Waals surface area contributed by atoms with Crippen molar-refractivity contribution in [2.45, 2.75) is 26.2 Å². The van der Waals surface area contributed by atoms with E-state index in [1.807, 2.05) is 6.92 Å². The molecule has 0 saturated heterocycles. The van der Waals surface area contributed by atoms with Crippen LogP contribution in [0.25, 0.3) is 16.9 Å². The zero-order chi connectivity index (χ0) is 22.5. The lowest BCUT2D eigenvalue weighted by molar-refractivity contribution is 0.0937. The van der Waals surface area contributed by atoms with Gasteiger partial charge in [-0.25, -0.2) is 9.67 Å². The van der Waals surface area contributed by atoms with Gasteiger partial charge in [-0.05, 0) is 67.5 Å². The van der Waals surface area contributed by atoms with Gasteiger partial charge in [-0.15, -0.1) is 0 Å². The molecule has 8 nitrogen and oxygen atoms in total. The summed E-state index contributed by atoms with van der Waals surface area (Å²) < 4.78 is 6.89. The summed E-state index contributed by atoms with van der Waals surface area (Å²) in [7, 11) is 0. The van der Waals surface area contributed by atoms with E-state index in [1.54, 1.807) is 36.5 Å². The standard InChI is InChI=1S/C24H25N5O3/c1-16-11-18(12-25)5-7-20(16)21-14-28-29(24(21)31)22-8-6-19(13-27-22)23(30)26-9-2-10-32-15-17-3-4-17/h5-8,11,13-14,17,28H,2-4,9-10,15H2,1H3,(H,26,30). The molecule has 1 aliphatic rings. The number of ether oxygens (including phenoxy) is 1. The fourth-order valence-corrected chi connectivity index (χ4v) is 3.43. The maximum atomic E-state index is 12.9.